The Labute approximate surface area is 157 Å². The smallest absolute Gasteiger partial charge is 0.184 e. The molecule has 0 fully saturated rings. The first-order valence-electron chi connectivity index (χ1n) is 9.72. The normalized spacial score (nSPS) is 24.9. The lowest BCUT2D eigenvalue weighted by Crippen LogP contribution is -2.48. The summed E-state index contributed by atoms with van der Waals surface area (Å²) < 4.78 is 6.98. The maximum atomic E-state index is 6.98. The molecule has 0 aliphatic heterocycles. The van der Waals surface area contributed by atoms with E-state index in [0.717, 1.165) is 19.3 Å². The Kier molecular flexibility index (Phi) is 5.48. The van der Waals surface area contributed by atoms with Gasteiger partial charge in [-0.1, -0.05) is 71.9 Å². The molecule has 25 heavy (non-hydrogen) atoms. The van der Waals surface area contributed by atoms with Crippen LogP contribution < -0.4 is 0 Å². The Balaban J connectivity index is 2.54. The summed E-state index contributed by atoms with van der Waals surface area (Å²) in [6.07, 6.45) is 14.9. The molecule has 0 aromatic rings. The zero-order valence-corrected chi connectivity index (χ0v) is 18.9. The van der Waals surface area contributed by atoms with Crippen LogP contribution in [0.2, 0.25) is 19.6 Å². The van der Waals surface area contributed by atoms with E-state index < -0.39 is 8.32 Å². The average Bonchev–Trinajstić information content (AvgIpc) is 2.86. The summed E-state index contributed by atoms with van der Waals surface area (Å²) >= 11 is 0. The molecule has 0 amide bonds. The van der Waals surface area contributed by atoms with E-state index >= 15 is 0 Å². The Morgan fingerprint density at radius 3 is 2.08 bits per heavy atom. The highest BCUT2D eigenvalue weighted by atomic mass is 28.4. The third-order valence-corrected chi connectivity index (χ3v) is 5.96. The van der Waals surface area contributed by atoms with Gasteiger partial charge in [-0.05, 0) is 60.0 Å². The summed E-state index contributed by atoms with van der Waals surface area (Å²) in [5.41, 5.74) is 4.42. The van der Waals surface area contributed by atoms with Crippen LogP contribution in [0.15, 0.2) is 47.1 Å². The van der Waals surface area contributed by atoms with Crippen LogP contribution in [0.25, 0.3) is 0 Å². The van der Waals surface area contributed by atoms with Crippen molar-refractivity contribution in [2.75, 3.05) is 0 Å². The fraction of sp³-hybridized carbons (Fsp3) is 0.652. The van der Waals surface area contributed by atoms with Gasteiger partial charge in [0.1, 0.15) is 0 Å². The summed E-state index contributed by atoms with van der Waals surface area (Å²) in [6.45, 7) is 20.9. The Morgan fingerprint density at radius 1 is 1.00 bits per heavy atom. The first kappa shape index (κ1) is 20.4. The SMILES string of the molecule is CC(C)(C)C1=CCC(CC2=CCC=C2)(O[Si](C)(C)C)C(C(C)(C)C)=C1. The largest absolute Gasteiger partial charge is 0.408 e. The summed E-state index contributed by atoms with van der Waals surface area (Å²) in [6, 6.07) is 0. The Bertz CT molecular complexity index is 626. The molecule has 0 aromatic heterocycles. The molecule has 1 atom stereocenters. The van der Waals surface area contributed by atoms with Crippen molar-refractivity contribution in [3.05, 3.63) is 47.1 Å². The van der Waals surface area contributed by atoms with Crippen molar-refractivity contribution in [1.82, 2.24) is 0 Å². The second kappa shape index (κ2) is 6.70. The van der Waals surface area contributed by atoms with Crippen molar-refractivity contribution in [2.45, 2.75) is 86.0 Å². The van der Waals surface area contributed by atoms with Gasteiger partial charge in [0.05, 0.1) is 5.60 Å². The number of hydrogen-bond acceptors (Lipinski definition) is 1. The fourth-order valence-electron chi connectivity index (χ4n) is 4.01. The van der Waals surface area contributed by atoms with E-state index in [4.69, 9.17) is 4.43 Å². The molecular formula is C23H38OSi. The topological polar surface area (TPSA) is 9.23 Å². The van der Waals surface area contributed by atoms with Crippen LogP contribution in [-0.2, 0) is 4.43 Å². The molecule has 140 valence electrons. The molecule has 2 heteroatoms. The Hall–Kier alpha value is -0.863. The summed E-state index contributed by atoms with van der Waals surface area (Å²) in [4.78, 5) is 0. The molecule has 2 aliphatic carbocycles. The van der Waals surface area contributed by atoms with Gasteiger partial charge >= 0.3 is 0 Å². The third-order valence-electron chi connectivity index (χ3n) is 4.96. The molecule has 2 aliphatic rings. The fourth-order valence-corrected chi connectivity index (χ4v) is 5.44. The van der Waals surface area contributed by atoms with Crippen molar-refractivity contribution in [3.63, 3.8) is 0 Å². The van der Waals surface area contributed by atoms with Crippen molar-refractivity contribution >= 4 is 8.32 Å². The van der Waals surface area contributed by atoms with Crippen LogP contribution in [-0.4, -0.2) is 13.9 Å². The van der Waals surface area contributed by atoms with Gasteiger partial charge in [0.15, 0.2) is 8.32 Å². The van der Waals surface area contributed by atoms with Crippen molar-refractivity contribution in [3.8, 4) is 0 Å². The van der Waals surface area contributed by atoms with E-state index in [1.807, 2.05) is 0 Å². The minimum atomic E-state index is -1.70. The highest BCUT2D eigenvalue weighted by molar-refractivity contribution is 6.69. The second-order valence-electron chi connectivity index (χ2n) is 10.7. The van der Waals surface area contributed by atoms with Crippen molar-refractivity contribution in [1.29, 1.82) is 0 Å². The van der Waals surface area contributed by atoms with E-state index in [1.54, 1.807) is 0 Å². The Morgan fingerprint density at radius 2 is 1.64 bits per heavy atom. The van der Waals surface area contributed by atoms with Gasteiger partial charge in [0, 0.05) is 6.42 Å². The zero-order valence-electron chi connectivity index (χ0n) is 17.9. The quantitative estimate of drug-likeness (QED) is 0.483. The zero-order chi connectivity index (χ0) is 19.1. The molecule has 0 N–H and O–H groups in total. The minimum Gasteiger partial charge on any atom is -0.408 e. The minimum absolute atomic E-state index is 0.0906. The van der Waals surface area contributed by atoms with Crippen LogP contribution in [0, 0.1) is 10.8 Å². The molecule has 0 saturated heterocycles. The predicted octanol–water partition coefficient (Wildman–Crippen LogP) is 7.20. The van der Waals surface area contributed by atoms with Crippen LogP contribution >= 0.6 is 0 Å². The van der Waals surface area contributed by atoms with Crippen LogP contribution in [0.5, 0.6) is 0 Å². The summed E-state index contributed by atoms with van der Waals surface area (Å²) in [7, 11) is -1.70. The van der Waals surface area contributed by atoms with E-state index in [-0.39, 0.29) is 16.4 Å². The van der Waals surface area contributed by atoms with E-state index in [2.05, 4.69) is 91.6 Å². The van der Waals surface area contributed by atoms with Crippen molar-refractivity contribution in [2.24, 2.45) is 10.8 Å². The number of allylic oxidation sites excluding steroid dienone is 5. The lowest BCUT2D eigenvalue weighted by Gasteiger charge is -2.48. The lowest BCUT2D eigenvalue weighted by molar-refractivity contribution is 0.0796. The lowest BCUT2D eigenvalue weighted by atomic mass is 9.67. The maximum absolute atomic E-state index is 6.98. The number of rotatable bonds is 4. The van der Waals surface area contributed by atoms with Gasteiger partial charge < -0.3 is 4.43 Å². The molecular weight excluding hydrogens is 320 g/mol. The molecule has 0 radical (unpaired) electrons. The van der Waals surface area contributed by atoms with E-state index in [0.29, 0.717) is 0 Å². The van der Waals surface area contributed by atoms with Gasteiger partial charge in [0.25, 0.3) is 0 Å². The molecule has 0 bridgehead atoms. The monoisotopic (exact) mass is 358 g/mol. The van der Waals surface area contributed by atoms with Crippen LogP contribution in [0.3, 0.4) is 0 Å². The summed E-state index contributed by atoms with van der Waals surface area (Å²) in [5, 5.41) is 0. The van der Waals surface area contributed by atoms with Crippen LogP contribution in [0.1, 0.15) is 60.8 Å². The maximum Gasteiger partial charge on any atom is 0.184 e. The van der Waals surface area contributed by atoms with Crippen LogP contribution in [0.4, 0.5) is 0 Å². The average molecular weight is 359 g/mol. The highest BCUT2D eigenvalue weighted by Gasteiger charge is 2.45. The van der Waals surface area contributed by atoms with E-state index in [9.17, 15) is 0 Å². The number of hydrogen-bond donors (Lipinski definition) is 0. The second-order valence-corrected chi connectivity index (χ2v) is 15.2. The molecule has 1 unspecified atom stereocenters. The molecule has 0 spiro atoms. The van der Waals surface area contributed by atoms with Crippen molar-refractivity contribution < 1.29 is 4.43 Å². The molecule has 1 nitrogen and oxygen atoms in total. The first-order chi connectivity index (χ1) is 11.2. The standard InChI is InChI=1S/C23H38OSi/c1-21(2,3)19-14-15-23(24-25(7,8)9,17-18-12-10-11-13-18)20(16-19)22(4,5)6/h10,12-14,16H,11,15,17H2,1-9H3. The van der Waals surface area contributed by atoms with Gasteiger partial charge in [0.2, 0.25) is 0 Å². The third kappa shape index (κ3) is 5.07. The first-order valence-corrected chi connectivity index (χ1v) is 13.1. The van der Waals surface area contributed by atoms with E-state index in [1.165, 1.54) is 16.7 Å². The van der Waals surface area contributed by atoms with Gasteiger partial charge in [-0.15, -0.1) is 0 Å². The molecule has 0 aromatic carbocycles. The molecule has 0 saturated carbocycles. The predicted molar refractivity (Wildman–Crippen MR) is 113 cm³/mol. The highest BCUT2D eigenvalue weighted by Crippen LogP contribution is 2.49. The van der Waals surface area contributed by atoms with Gasteiger partial charge in [-0.25, -0.2) is 0 Å². The summed E-state index contributed by atoms with van der Waals surface area (Å²) in [5.74, 6) is 0. The molecule has 0 heterocycles. The van der Waals surface area contributed by atoms with Gasteiger partial charge in [-0.3, -0.25) is 0 Å². The molecule has 2 rings (SSSR count). The van der Waals surface area contributed by atoms with Gasteiger partial charge in [-0.2, -0.15) is 0 Å².